The second-order valence-electron chi connectivity index (χ2n) is 6.79. The molecule has 1 aliphatic heterocycles. The van der Waals surface area contributed by atoms with E-state index >= 15 is 0 Å². The summed E-state index contributed by atoms with van der Waals surface area (Å²) in [7, 11) is 0. The van der Waals surface area contributed by atoms with Crippen LogP contribution in [0, 0.1) is 6.92 Å². The van der Waals surface area contributed by atoms with E-state index in [1.807, 2.05) is 79.7 Å². The minimum Gasteiger partial charge on any atom is -0.351 e. The van der Waals surface area contributed by atoms with E-state index in [-0.39, 0.29) is 11.7 Å². The van der Waals surface area contributed by atoms with E-state index in [1.54, 1.807) is 12.1 Å². The lowest BCUT2D eigenvalue weighted by atomic mass is 9.93. The zero-order chi connectivity index (χ0) is 19.5. The van der Waals surface area contributed by atoms with Crippen LogP contribution in [-0.4, -0.2) is 11.7 Å². The average molecular weight is 368 g/mol. The van der Waals surface area contributed by atoms with E-state index < -0.39 is 6.04 Å². The molecule has 4 heteroatoms. The normalized spacial score (nSPS) is 16.0. The van der Waals surface area contributed by atoms with Gasteiger partial charge in [-0.1, -0.05) is 78.4 Å². The smallest absolute Gasteiger partial charge is 0.268 e. The number of hydrogen-bond donors (Lipinski definition) is 2. The quantitative estimate of drug-likeness (QED) is 0.656. The topological polar surface area (TPSA) is 58.2 Å². The SMILES string of the molecule is Cc1ccc(NC2=C(C(=O)c3ccccc3)[C@@H](c3ccccc3)NC2=O)cc1. The lowest BCUT2D eigenvalue weighted by Crippen LogP contribution is -2.24. The summed E-state index contributed by atoms with van der Waals surface area (Å²) in [5, 5.41) is 6.12. The van der Waals surface area contributed by atoms with Crippen molar-refractivity contribution in [2.24, 2.45) is 0 Å². The molecular weight excluding hydrogens is 348 g/mol. The van der Waals surface area contributed by atoms with Gasteiger partial charge in [-0.05, 0) is 24.6 Å². The Bertz CT molecular complexity index is 1040. The van der Waals surface area contributed by atoms with Gasteiger partial charge in [0, 0.05) is 11.3 Å². The second-order valence-corrected chi connectivity index (χ2v) is 6.79. The molecule has 0 aromatic heterocycles. The van der Waals surface area contributed by atoms with Gasteiger partial charge >= 0.3 is 0 Å². The van der Waals surface area contributed by atoms with Crippen molar-refractivity contribution in [1.82, 2.24) is 5.32 Å². The number of carbonyl (C=O) groups is 2. The van der Waals surface area contributed by atoms with Crippen molar-refractivity contribution in [3.05, 3.63) is 113 Å². The summed E-state index contributed by atoms with van der Waals surface area (Å²) < 4.78 is 0. The number of anilines is 1. The highest BCUT2D eigenvalue weighted by Gasteiger charge is 2.37. The Balaban J connectivity index is 1.81. The lowest BCUT2D eigenvalue weighted by Gasteiger charge is -2.15. The van der Waals surface area contributed by atoms with Gasteiger partial charge in [0.15, 0.2) is 5.78 Å². The van der Waals surface area contributed by atoms with Crippen LogP contribution in [0.3, 0.4) is 0 Å². The number of carbonyl (C=O) groups excluding carboxylic acids is 2. The first kappa shape index (κ1) is 17.7. The van der Waals surface area contributed by atoms with Crippen LogP contribution in [0.2, 0.25) is 0 Å². The molecule has 1 amide bonds. The van der Waals surface area contributed by atoms with Crippen molar-refractivity contribution >= 4 is 17.4 Å². The van der Waals surface area contributed by atoms with E-state index in [4.69, 9.17) is 0 Å². The first-order valence-corrected chi connectivity index (χ1v) is 9.17. The maximum atomic E-state index is 13.3. The average Bonchev–Trinajstić information content (AvgIpc) is 3.06. The Kier molecular flexibility index (Phi) is 4.77. The van der Waals surface area contributed by atoms with Crippen LogP contribution in [0.25, 0.3) is 0 Å². The molecule has 1 atom stereocenters. The standard InChI is InChI=1S/C24H20N2O2/c1-16-12-14-19(15-13-16)25-22-20(23(27)18-10-6-3-7-11-18)21(26-24(22)28)17-8-4-2-5-9-17/h2-15,21,25H,1H3,(H,26,28)/t21-/m1/s1. The summed E-state index contributed by atoms with van der Waals surface area (Å²) in [6.07, 6.45) is 0. The highest BCUT2D eigenvalue weighted by Crippen LogP contribution is 2.33. The summed E-state index contributed by atoms with van der Waals surface area (Å²) in [6, 6.07) is 25.8. The fourth-order valence-corrected chi connectivity index (χ4v) is 3.33. The third-order valence-electron chi connectivity index (χ3n) is 4.79. The van der Waals surface area contributed by atoms with E-state index in [0.29, 0.717) is 16.8 Å². The van der Waals surface area contributed by atoms with Crippen molar-refractivity contribution < 1.29 is 9.59 Å². The van der Waals surface area contributed by atoms with E-state index in [9.17, 15) is 9.59 Å². The molecule has 4 rings (SSSR count). The van der Waals surface area contributed by atoms with Crippen molar-refractivity contribution in [2.45, 2.75) is 13.0 Å². The van der Waals surface area contributed by atoms with Gasteiger partial charge in [0.1, 0.15) is 5.70 Å². The summed E-state index contributed by atoms with van der Waals surface area (Å²) in [4.78, 5) is 26.1. The third kappa shape index (κ3) is 3.45. The highest BCUT2D eigenvalue weighted by molar-refractivity contribution is 6.17. The van der Waals surface area contributed by atoms with Crippen LogP contribution in [0.5, 0.6) is 0 Å². The minimum atomic E-state index is -0.491. The van der Waals surface area contributed by atoms with Gasteiger partial charge in [0.05, 0.1) is 11.6 Å². The number of benzene rings is 3. The first-order chi connectivity index (χ1) is 13.6. The van der Waals surface area contributed by atoms with Crippen molar-refractivity contribution in [1.29, 1.82) is 0 Å². The molecular formula is C24H20N2O2. The monoisotopic (exact) mass is 368 g/mol. The molecule has 3 aromatic rings. The number of rotatable bonds is 5. The lowest BCUT2D eigenvalue weighted by molar-refractivity contribution is -0.117. The van der Waals surface area contributed by atoms with Gasteiger partial charge in [-0.25, -0.2) is 0 Å². The number of Topliss-reactive ketones (excluding diaryl/α,β-unsaturated/α-hetero) is 1. The van der Waals surface area contributed by atoms with Crippen LogP contribution in [0.4, 0.5) is 5.69 Å². The van der Waals surface area contributed by atoms with Gasteiger partial charge in [0.2, 0.25) is 0 Å². The molecule has 0 saturated carbocycles. The Morgan fingerprint density at radius 3 is 2.11 bits per heavy atom. The maximum Gasteiger partial charge on any atom is 0.268 e. The van der Waals surface area contributed by atoms with Crippen LogP contribution < -0.4 is 10.6 Å². The molecule has 0 radical (unpaired) electrons. The van der Waals surface area contributed by atoms with Crippen molar-refractivity contribution in [3.8, 4) is 0 Å². The molecule has 4 nitrogen and oxygen atoms in total. The third-order valence-corrected chi connectivity index (χ3v) is 4.79. The zero-order valence-electron chi connectivity index (χ0n) is 15.5. The number of amides is 1. The summed E-state index contributed by atoms with van der Waals surface area (Å²) in [5.74, 6) is -0.448. The molecule has 28 heavy (non-hydrogen) atoms. The summed E-state index contributed by atoms with van der Waals surface area (Å²) >= 11 is 0. The van der Waals surface area contributed by atoms with Crippen LogP contribution in [0.15, 0.2) is 96.2 Å². The van der Waals surface area contributed by atoms with Crippen molar-refractivity contribution in [3.63, 3.8) is 0 Å². The summed E-state index contributed by atoms with van der Waals surface area (Å²) in [6.45, 7) is 2.00. The molecule has 0 bridgehead atoms. The minimum absolute atomic E-state index is 0.164. The van der Waals surface area contributed by atoms with Crippen LogP contribution in [-0.2, 0) is 4.79 Å². The molecule has 0 aliphatic carbocycles. The van der Waals surface area contributed by atoms with Gasteiger partial charge < -0.3 is 10.6 Å². The number of ketones is 1. The predicted molar refractivity (Wildman–Crippen MR) is 110 cm³/mol. The number of nitrogens with one attached hydrogen (secondary N) is 2. The summed E-state index contributed by atoms with van der Waals surface area (Å²) in [5.41, 5.74) is 4.05. The van der Waals surface area contributed by atoms with E-state index in [2.05, 4.69) is 10.6 Å². The fraction of sp³-hybridized carbons (Fsp3) is 0.0833. The van der Waals surface area contributed by atoms with Crippen LogP contribution in [0.1, 0.15) is 27.5 Å². The number of hydrogen-bond acceptors (Lipinski definition) is 3. The van der Waals surface area contributed by atoms with Gasteiger partial charge in [-0.2, -0.15) is 0 Å². The first-order valence-electron chi connectivity index (χ1n) is 9.17. The van der Waals surface area contributed by atoms with E-state index in [1.165, 1.54) is 0 Å². The van der Waals surface area contributed by atoms with Gasteiger partial charge in [-0.15, -0.1) is 0 Å². The molecule has 0 unspecified atom stereocenters. The number of aryl methyl sites for hydroxylation is 1. The Hall–Kier alpha value is -3.66. The molecule has 0 saturated heterocycles. The Labute approximate surface area is 163 Å². The highest BCUT2D eigenvalue weighted by atomic mass is 16.2. The molecule has 3 aromatic carbocycles. The molecule has 0 fully saturated rings. The fourth-order valence-electron chi connectivity index (χ4n) is 3.33. The Morgan fingerprint density at radius 2 is 1.46 bits per heavy atom. The zero-order valence-corrected chi connectivity index (χ0v) is 15.5. The molecule has 1 heterocycles. The molecule has 138 valence electrons. The Morgan fingerprint density at radius 1 is 0.857 bits per heavy atom. The maximum absolute atomic E-state index is 13.3. The molecule has 2 N–H and O–H groups in total. The second kappa shape index (κ2) is 7.53. The largest absolute Gasteiger partial charge is 0.351 e. The molecule has 0 spiro atoms. The van der Waals surface area contributed by atoms with Crippen molar-refractivity contribution in [2.75, 3.05) is 5.32 Å². The predicted octanol–water partition coefficient (Wildman–Crippen LogP) is 4.42. The van der Waals surface area contributed by atoms with E-state index in [0.717, 1.165) is 16.8 Å². The molecule has 1 aliphatic rings. The van der Waals surface area contributed by atoms with Crippen LogP contribution >= 0.6 is 0 Å². The van der Waals surface area contributed by atoms with Gasteiger partial charge in [-0.3, -0.25) is 9.59 Å². The van der Waals surface area contributed by atoms with Gasteiger partial charge in [0.25, 0.3) is 5.91 Å².